The molecule has 0 radical (unpaired) electrons. The largest absolute Gasteiger partial charge is 0.386 e. The van der Waals surface area contributed by atoms with Crippen molar-refractivity contribution in [1.29, 1.82) is 0 Å². The highest BCUT2D eigenvalue weighted by Gasteiger charge is 2.32. The number of hydrogen-bond acceptors (Lipinski definition) is 5. The number of nitrogens with zero attached hydrogens (tertiary/aromatic N) is 2. The maximum absolute atomic E-state index is 9.97. The van der Waals surface area contributed by atoms with E-state index in [-0.39, 0.29) is 0 Å². The van der Waals surface area contributed by atoms with E-state index in [1.54, 1.807) is 0 Å². The molecule has 1 unspecified atom stereocenters. The average molecular weight is 230 g/mol. The molecule has 0 aromatic carbocycles. The fraction of sp³-hybridized carbons (Fsp3) is 0.556. The van der Waals surface area contributed by atoms with E-state index in [0.29, 0.717) is 37.0 Å². The van der Waals surface area contributed by atoms with Gasteiger partial charge in [-0.15, -0.1) is 0 Å². The lowest BCUT2D eigenvalue weighted by atomic mass is 10.0. The Morgan fingerprint density at radius 3 is 3.20 bits per heavy atom. The Hall–Kier alpha value is -0.910. The molecule has 82 valence electrons. The smallest absolute Gasteiger partial charge is 0.148 e. The van der Waals surface area contributed by atoms with Crippen LogP contribution in [-0.2, 0) is 4.74 Å². The lowest BCUT2D eigenvalue weighted by Crippen LogP contribution is -2.37. The van der Waals surface area contributed by atoms with Gasteiger partial charge in [-0.25, -0.2) is 9.97 Å². The van der Waals surface area contributed by atoms with Crippen molar-refractivity contribution in [3.63, 3.8) is 0 Å². The maximum Gasteiger partial charge on any atom is 0.148 e. The first-order valence-electron chi connectivity index (χ1n) is 4.69. The van der Waals surface area contributed by atoms with Crippen molar-refractivity contribution >= 4 is 17.4 Å². The average Bonchev–Trinajstić information content (AvgIpc) is 2.65. The second-order valence-corrected chi connectivity index (χ2v) is 4.01. The summed E-state index contributed by atoms with van der Waals surface area (Å²) in [6.45, 7) is 1.32. The first kappa shape index (κ1) is 10.6. The van der Waals surface area contributed by atoms with E-state index in [4.69, 9.17) is 16.3 Å². The highest BCUT2D eigenvalue weighted by atomic mass is 35.5. The zero-order chi connectivity index (χ0) is 10.7. The summed E-state index contributed by atoms with van der Waals surface area (Å²) in [5.74, 6) is 0.534. The monoisotopic (exact) mass is 229 g/mol. The van der Waals surface area contributed by atoms with Gasteiger partial charge in [0, 0.05) is 19.6 Å². The van der Waals surface area contributed by atoms with Gasteiger partial charge < -0.3 is 15.2 Å². The molecule has 1 atom stereocenters. The van der Waals surface area contributed by atoms with Gasteiger partial charge in [0.25, 0.3) is 0 Å². The summed E-state index contributed by atoms with van der Waals surface area (Å²) < 4.78 is 5.12. The molecular weight excluding hydrogens is 218 g/mol. The molecule has 15 heavy (non-hydrogen) atoms. The SMILES string of the molecule is OC1(CNc2ncncc2Cl)CCOC1. The van der Waals surface area contributed by atoms with Crippen molar-refractivity contribution in [3.8, 4) is 0 Å². The van der Waals surface area contributed by atoms with Crippen LogP contribution in [0.5, 0.6) is 0 Å². The Morgan fingerprint density at radius 2 is 2.53 bits per heavy atom. The second-order valence-electron chi connectivity index (χ2n) is 3.60. The first-order valence-corrected chi connectivity index (χ1v) is 5.07. The summed E-state index contributed by atoms with van der Waals surface area (Å²) in [5.41, 5.74) is -0.811. The molecule has 0 spiro atoms. The van der Waals surface area contributed by atoms with E-state index in [0.717, 1.165) is 0 Å². The van der Waals surface area contributed by atoms with Crippen LogP contribution in [0.4, 0.5) is 5.82 Å². The third kappa shape index (κ3) is 2.56. The van der Waals surface area contributed by atoms with Crippen LogP contribution in [0.3, 0.4) is 0 Å². The molecule has 0 amide bonds. The number of halogens is 1. The number of nitrogens with one attached hydrogen (secondary N) is 1. The van der Waals surface area contributed by atoms with Gasteiger partial charge >= 0.3 is 0 Å². The van der Waals surface area contributed by atoms with Gasteiger partial charge in [0.1, 0.15) is 22.8 Å². The van der Waals surface area contributed by atoms with E-state index in [1.807, 2.05) is 0 Å². The normalized spacial score (nSPS) is 25.5. The molecule has 1 aliphatic rings. The molecule has 2 heterocycles. The van der Waals surface area contributed by atoms with Gasteiger partial charge in [-0.2, -0.15) is 0 Å². The van der Waals surface area contributed by atoms with Gasteiger partial charge in [0.05, 0.1) is 12.8 Å². The van der Waals surface area contributed by atoms with Gasteiger partial charge in [0.2, 0.25) is 0 Å². The fourth-order valence-corrected chi connectivity index (χ4v) is 1.60. The van der Waals surface area contributed by atoms with Crippen LogP contribution in [0.15, 0.2) is 12.5 Å². The third-order valence-electron chi connectivity index (χ3n) is 2.33. The van der Waals surface area contributed by atoms with Crippen LogP contribution in [-0.4, -0.2) is 40.4 Å². The molecule has 5 nitrogen and oxygen atoms in total. The maximum atomic E-state index is 9.97. The molecule has 0 saturated carbocycles. The van der Waals surface area contributed by atoms with Gasteiger partial charge in [-0.3, -0.25) is 0 Å². The number of aliphatic hydroxyl groups is 1. The zero-order valence-electron chi connectivity index (χ0n) is 8.11. The topological polar surface area (TPSA) is 67.3 Å². The summed E-state index contributed by atoms with van der Waals surface area (Å²) in [6.07, 6.45) is 3.54. The Bertz CT molecular complexity index is 342. The van der Waals surface area contributed by atoms with Gasteiger partial charge in [-0.05, 0) is 0 Å². The Balaban J connectivity index is 1.95. The zero-order valence-corrected chi connectivity index (χ0v) is 8.87. The molecule has 2 N–H and O–H groups in total. The summed E-state index contributed by atoms with van der Waals surface area (Å²) in [6, 6.07) is 0. The van der Waals surface area contributed by atoms with Crippen LogP contribution < -0.4 is 5.32 Å². The molecule has 1 fully saturated rings. The molecular formula is C9H12ClN3O2. The fourth-order valence-electron chi connectivity index (χ4n) is 1.43. The number of hydrogen-bond donors (Lipinski definition) is 2. The molecule has 1 aromatic rings. The van der Waals surface area contributed by atoms with E-state index in [9.17, 15) is 5.11 Å². The van der Waals surface area contributed by atoms with Crippen molar-refractivity contribution in [1.82, 2.24) is 9.97 Å². The summed E-state index contributed by atoms with van der Waals surface area (Å²) >= 11 is 5.85. The third-order valence-corrected chi connectivity index (χ3v) is 2.61. The lowest BCUT2D eigenvalue weighted by Gasteiger charge is -2.21. The molecule has 2 rings (SSSR count). The predicted molar refractivity (Wildman–Crippen MR) is 55.9 cm³/mol. The van der Waals surface area contributed by atoms with Gasteiger partial charge in [0.15, 0.2) is 0 Å². The molecule has 0 aliphatic carbocycles. The van der Waals surface area contributed by atoms with Crippen molar-refractivity contribution < 1.29 is 9.84 Å². The molecule has 1 aliphatic heterocycles. The minimum absolute atomic E-state index is 0.350. The van der Waals surface area contributed by atoms with Crippen molar-refractivity contribution in [2.24, 2.45) is 0 Å². The van der Waals surface area contributed by atoms with E-state index < -0.39 is 5.60 Å². The minimum atomic E-state index is -0.811. The van der Waals surface area contributed by atoms with E-state index >= 15 is 0 Å². The standard InChI is InChI=1S/C9H12ClN3O2/c10-7-3-11-6-13-8(7)12-4-9(14)1-2-15-5-9/h3,6,14H,1-2,4-5H2,(H,11,12,13). The molecule has 0 bridgehead atoms. The summed E-state index contributed by atoms with van der Waals surface area (Å²) in [7, 11) is 0. The molecule has 6 heteroatoms. The highest BCUT2D eigenvalue weighted by Crippen LogP contribution is 2.21. The number of ether oxygens (including phenoxy) is 1. The van der Waals surface area contributed by atoms with Gasteiger partial charge in [-0.1, -0.05) is 11.6 Å². The minimum Gasteiger partial charge on any atom is -0.386 e. The van der Waals surface area contributed by atoms with Crippen molar-refractivity contribution in [2.75, 3.05) is 25.1 Å². The number of aromatic nitrogens is 2. The van der Waals surface area contributed by atoms with E-state index in [2.05, 4.69) is 15.3 Å². The van der Waals surface area contributed by atoms with Crippen molar-refractivity contribution in [3.05, 3.63) is 17.5 Å². The van der Waals surface area contributed by atoms with Crippen LogP contribution in [0.1, 0.15) is 6.42 Å². The predicted octanol–water partition coefficient (Wildman–Crippen LogP) is 0.693. The van der Waals surface area contributed by atoms with Crippen LogP contribution >= 0.6 is 11.6 Å². The highest BCUT2D eigenvalue weighted by molar-refractivity contribution is 6.32. The second kappa shape index (κ2) is 4.30. The number of rotatable bonds is 3. The Labute approximate surface area is 92.5 Å². The summed E-state index contributed by atoms with van der Waals surface area (Å²) in [4.78, 5) is 7.74. The molecule has 1 aromatic heterocycles. The Morgan fingerprint density at radius 1 is 1.67 bits per heavy atom. The van der Waals surface area contributed by atoms with Crippen LogP contribution in [0, 0.1) is 0 Å². The van der Waals surface area contributed by atoms with Crippen LogP contribution in [0.2, 0.25) is 5.02 Å². The van der Waals surface area contributed by atoms with Crippen molar-refractivity contribution in [2.45, 2.75) is 12.0 Å². The lowest BCUT2D eigenvalue weighted by molar-refractivity contribution is 0.0381. The first-order chi connectivity index (χ1) is 7.20. The summed E-state index contributed by atoms with van der Waals surface area (Å²) in [5, 5.41) is 13.4. The Kier molecular flexibility index (Phi) is 3.04. The molecule has 1 saturated heterocycles. The quantitative estimate of drug-likeness (QED) is 0.799. The number of anilines is 1. The van der Waals surface area contributed by atoms with Crippen LogP contribution in [0.25, 0.3) is 0 Å². The van der Waals surface area contributed by atoms with E-state index in [1.165, 1.54) is 12.5 Å².